The topological polar surface area (TPSA) is 49.4 Å². The molecule has 2 unspecified atom stereocenters. The number of benzene rings is 1. The van der Waals surface area contributed by atoms with E-state index in [1.54, 1.807) is 11.8 Å². The zero-order valence-electron chi connectivity index (χ0n) is 13.4. The van der Waals surface area contributed by atoms with E-state index in [4.69, 9.17) is 0 Å². The van der Waals surface area contributed by atoms with Gasteiger partial charge in [-0.2, -0.15) is 0 Å². The predicted octanol–water partition coefficient (Wildman–Crippen LogP) is 2.29. The van der Waals surface area contributed by atoms with E-state index in [-0.39, 0.29) is 23.8 Å². The van der Waals surface area contributed by atoms with Crippen LogP contribution >= 0.6 is 0 Å². The Labute approximate surface area is 126 Å². The molecule has 1 aromatic carbocycles. The number of hydrogen-bond acceptors (Lipinski definition) is 2. The standard InChI is InChI=1S/C17H24N2O2/c1-11(2)14-15(20)18-17(5,13-9-7-6-8-10-13)16(21)19(14)12(3)4/h6-12,14H,1-5H3,(H,18,20). The first-order valence-corrected chi connectivity index (χ1v) is 7.49. The van der Waals surface area contributed by atoms with Crippen LogP contribution in [0.4, 0.5) is 0 Å². The van der Waals surface area contributed by atoms with Gasteiger partial charge in [0.1, 0.15) is 11.6 Å². The molecule has 0 spiro atoms. The van der Waals surface area contributed by atoms with Crippen molar-refractivity contribution < 1.29 is 9.59 Å². The van der Waals surface area contributed by atoms with Crippen molar-refractivity contribution >= 4 is 11.8 Å². The summed E-state index contributed by atoms with van der Waals surface area (Å²) in [4.78, 5) is 27.4. The lowest BCUT2D eigenvalue weighted by atomic mass is 9.84. The molecule has 2 amide bonds. The van der Waals surface area contributed by atoms with E-state index in [1.165, 1.54) is 0 Å². The van der Waals surface area contributed by atoms with Crippen molar-refractivity contribution in [2.24, 2.45) is 5.92 Å². The molecule has 4 nitrogen and oxygen atoms in total. The monoisotopic (exact) mass is 288 g/mol. The predicted molar refractivity (Wildman–Crippen MR) is 82.5 cm³/mol. The highest BCUT2D eigenvalue weighted by atomic mass is 16.2. The fraction of sp³-hybridized carbons (Fsp3) is 0.529. The lowest BCUT2D eigenvalue weighted by molar-refractivity contribution is -0.159. The van der Waals surface area contributed by atoms with Gasteiger partial charge in [0.05, 0.1) is 0 Å². The van der Waals surface area contributed by atoms with Gasteiger partial charge in [0.2, 0.25) is 5.91 Å². The van der Waals surface area contributed by atoms with Crippen LogP contribution in [0.3, 0.4) is 0 Å². The first-order valence-electron chi connectivity index (χ1n) is 7.49. The van der Waals surface area contributed by atoms with Crippen LogP contribution in [-0.2, 0) is 15.1 Å². The maximum Gasteiger partial charge on any atom is 0.253 e. The van der Waals surface area contributed by atoms with E-state index >= 15 is 0 Å². The van der Waals surface area contributed by atoms with Crippen molar-refractivity contribution in [1.29, 1.82) is 0 Å². The van der Waals surface area contributed by atoms with Gasteiger partial charge in [0.25, 0.3) is 5.91 Å². The van der Waals surface area contributed by atoms with E-state index < -0.39 is 11.6 Å². The van der Waals surface area contributed by atoms with Gasteiger partial charge in [-0.1, -0.05) is 44.2 Å². The van der Waals surface area contributed by atoms with Crippen LogP contribution in [0.1, 0.15) is 40.2 Å². The number of piperazine rings is 1. The number of hydrogen-bond donors (Lipinski definition) is 1. The quantitative estimate of drug-likeness (QED) is 0.927. The lowest BCUT2D eigenvalue weighted by Gasteiger charge is -2.47. The summed E-state index contributed by atoms with van der Waals surface area (Å²) in [6.45, 7) is 9.64. The SMILES string of the molecule is CC(C)C1C(=O)NC(C)(c2ccccc2)C(=O)N1C(C)C. The number of amides is 2. The van der Waals surface area contributed by atoms with E-state index in [0.717, 1.165) is 5.56 Å². The van der Waals surface area contributed by atoms with Crippen molar-refractivity contribution in [3.05, 3.63) is 35.9 Å². The minimum absolute atomic E-state index is 0.0148. The van der Waals surface area contributed by atoms with Crippen LogP contribution in [0, 0.1) is 5.92 Å². The summed E-state index contributed by atoms with van der Waals surface area (Å²) in [6, 6.07) is 9.01. The Morgan fingerprint density at radius 2 is 1.67 bits per heavy atom. The summed E-state index contributed by atoms with van der Waals surface area (Å²) < 4.78 is 0. The largest absolute Gasteiger partial charge is 0.336 e. The van der Waals surface area contributed by atoms with Gasteiger partial charge in [-0.15, -0.1) is 0 Å². The Balaban J connectivity index is 2.49. The maximum atomic E-state index is 13.1. The van der Waals surface area contributed by atoms with Crippen LogP contribution in [-0.4, -0.2) is 28.8 Å². The van der Waals surface area contributed by atoms with Crippen molar-refractivity contribution in [2.75, 3.05) is 0 Å². The molecular formula is C17H24N2O2. The molecule has 1 N–H and O–H groups in total. The van der Waals surface area contributed by atoms with Crippen molar-refractivity contribution in [3.63, 3.8) is 0 Å². The Bertz CT molecular complexity index is 539. The number of carbonyl (C=O) groups excluding carboxylic acids is 2. The van der Waals surface area contributed by atoms with Gasteiger partial charge in [-0.3, -0.25) is 9.59 Å². The van der Waals surface area contributed by atoms with E-state index in [2.05, 4.69) is 5.32 Å². The molecule has 0 bridgehead atoms. The Hall–Kier alpha value is -1.84. The second-order valence-corrected chi connectivity index (χ2v) is 6.48. The van der Waals surface area contributed by atoms with Gasteiger partial charge in [-0.25, -0.2) is 0 Å². The Kier molecular flexibility index (Phi) is 4.08. The van der Waals surface area contributed by atoms with E-state index in [0.29, 0.717) is 0 Å². The van der Waals surface area contributed by atoms with Crippen LogP contribution in [0.2, 0.25) is 0 Å². The molecule has 114 valence electrons. The van der Waals surface area contributed by atoms with Crippen molar-refractivity contribution in [3.8, 4) is 0 Å². The average Bonchev–Trinajstić information content (AvgIpc) is 2.42. The van der Waals surface area contributed by atoms with Gasteiger partial charge < -0.3 is 10.2 Å². The highest BCUT2D eigenvalue weighted by Gasteiger charge is 2.50. The highest BCUT2D eigenvalue weighted by molar-refractivity contribution is 6.00. The van der Waals surface area contributed by atoms with Crippen LogP contribution < -0.4 is 5.32 Å². The second kappa shape index (κ2) is 5.51. The molecule has 0 aromatic heterocycles. The van der Waals surface area contributed by atoms with Gasteiger partial charge in [0.15, 0.2) is 0 Å². The van der Waals surface area contributed by atoms with E-state index in [9.17, 15) is 9.59 Å². The number of nitrogens with one attached hydrogen (secondary N) is 1. The molecule has 2 atom stereocenters. The number of nitrogens with zero attached hydrogens (tertiary/aromatic N) is 1. The average molecular weight is 288 g/mol. The lowest BCUT2D eigenvalue weighted by Crippen LogP contribution is -2.70. The molecule has 4 heteroatoms. The Morgan fingerprint density at radius 1 is 1.10 bits per heavy atom. The summed E-state index contributed by atoms with van der Waals surface area (Å²) in [6.07, 6.45) is 0. The molecule has 1 aromatic rings. The van der Waals surface area contributed by atoms with Crippen LogP contribution in [0.25, 0.3) is 0 Å². The van der Waals surface area contributed by atoms with Gasteiger partial charge >= 0.3 is 0 Å². The molecule has 1 aliphatic heterocycles. The molecule has 0 radical (unpaired) electrons. The zero-order valence-corrected chi connectivity index (χ0v) is 13.4. The maximum absolute atomic E-state index is 13.1. The highest BCUT2D eigenvalue weighted by Crippen LogP contribution is 2.31. The third kappa shape index (κ3) is 2.55. The van der Waals surface area contributed by atoms with Gasteiger partial charge in [-0.05, 0) is 32.3 Å². The van der Waals surface area contributed by atoms with Crippen LogP contribution in [0.15, 0.2) is 30.3 Å². The molecule has 1 fully saturated rings. The second-order valence-electron chi connectivity index (χ2n) is 6.48. The molecular weight excluding hydrogens is 264 g/mol. The summed E-state index contributed by atoms with van der Waals surface area (Å²) in [5, 5.41) is 2.94. The zero-order chi connectivity index (χ0) is 15.8. The molecule has 1 saturated heterocycles. The van der Waals surface area contributed by atoms with Gasteiger partial charge in [0, 0.05) is 6.04 Å². The smallest absolute Gasteiger partial charge is 0.253 e. The summed E-state index contributed by atoms with van der Waals surface area (Å²) in [7, 11) is 0. The number of carbonyl (C=O) groups is 2. The minimum Gasteiger partial charge on any atom is -0.336 e. The molecule has 21 heavy (non-hydrogen) atoms. The molecule has 2 rings (SSSR count). The first kappa shape index (κ1) is 15.5. The molecule has 0 aliphatic carbocycles. The summed E-state index contributed by atoms with van der Waals surface area (Å²) in [5.41, 5.74) is -0.176. The van der Waals surface area contributed by atoms with Crippen LogP contribution in [0.5, 0.6) is 0 Å². The fourth-order valence-corrected chi connectivity index (χ4v) is 3.03. The third-order valence-corrected chi connectivity index (χ3v) is 4.14. The Morgan fingerprint density at radius 3 is 2.14 bits per heavy atom. The van der Waals surface area contributed by atoms with Crippen molar-refractivity contribution in [2.45, 2.75) is 52.2 Å². The minimum atomic E-state index is -0.992. The molecule has 1 aliphatic rings. The molecule has 1 heterocycles. The fourth-order valence-electron chi connectivity index (χ4n) is 3.03. The molecule has 0 saturated carbocycles. The first-order chi connectivity index (χ1) is 9.79. The summed E-state index contributed by atoms with van der Waals surface area (Å²) in [5.74, 6) is -0.0386. The summed E-state index contributed by atoms with van der Waals surface area (Å²) >= 11 is 0. The normalized spacial score (nSPS) is 26.4. The number of rotatable bonds is 3. The third-order valence-electron chi connectivity index (χ3n) is 4.14. The van der Waals surface area contributed by atoms with Crippen molar-refractivity contribution in [1.82, 2.24) is 10.2 Å². The van der Waals surface area contributed by atoms with E-state index in [1.807, 2.05) is 58.0 Å².